The van der Waals surface area contributed by atoms with Crippen LogP contribution in [0.15, 0.2) is 6.07 Å². The number of aromatic nitrogens is 2. The zero-order valence-corrected chi connectivity index (χ0v) is 16.8. The fourth-order valence-corrected chi connectivity index (χ4v) is 4.99. The van der Waals surface area contributed by atoms with Gasteiger partial charge in [0, 0.05) is 25.7 Å². The molecule has 4 rings (SSSR count). The molecule has 3 aliphatic rings. The Bertz CT molecular complexity index is 700. The van der Waals surface area contributed by atoms with E-state index < -0.39 is 0 Å². The Morgan fingerprint density at radius 3 is 2.39 bits per heavy atom. The number of carbonyl (C=O) groups is 1. The van der Waals surface area contributed by atoms with E-state index in [2.05, 4.69) is 19.8 Å². The van der Waals surface area contributed by atoms with Crippen LogP contribution in [0.5, 0.6) is 11.8 Å². The lowest BCUT2D eigenvalue weighted by molar-refractivity contribution is -0.139. The van der Waals surface area contributed by atoms with E-state index in [1.165, 1.54) is 0 Å². The van der Waals surface area contributed by atoms with Gasteiger partial charge in [-0.1, -0.05) is 0 Å². The molecule has 1 atom stereocenters. The Kier molecular flexibility index (Phi) is 5.31. The van der Waals surface area contributed by atoms with Crippen molar-refractivity contribution >= 4 is 11.9 Å². The van der Waals surface area contributed by atoms with Crippen molar-refractivity contribution < 1.29 is 19.4 Å². The fourth-order valence-electron chi connectivity index (χ4n) is 4.99. The van der Waals surface area contributed by atoms with Gasteiger partial charge in [0.15, 0.2) is 0 Å². The van der Waals surface area contributed by atoms with Crippen LogP contribution in [-0.4, -0.2) is 71.9 Å². The Labute approximate surface area is 165 Å². The number of nitrogens with zero attached hydrogens (tertiary/aromatic N) is 4. The summed E-state index contributed by atoms with van der Waals surface area (Å²) < 4.78 is 10.6. The number of anilines is 1. The van der Waals surface area contributed by atoms with Crippen molar-refractivity contribution in [3.63, 3.8) is 0 Å². The number of hydrogen-bond acceptors (Lipinski definition) is 7. The van der Waals surface area contributed by atoms with Crippen molar-refractivity contribution in [2.45, 2.75) is 57.1 Å². The molecule has 1 aliphatic carbocycles. The number of amides is 1. The first-order valence-electron chi connectivity index (χ1n) is 10.3. The highest BCUT2D eigenvalue weighted by Crippen LogP contribution is 2.43. The number of piperidine rings is 1. The molecular formula is C20H30N4O4. The van der Waals surface area contributed by atoms with E-state index in [-0.39, 0.29) is 23.5 Å². The number of methoxy groups -OCH3 is 2. The first kappa shape index (κ1) is 19.2. The average Bonchev–Trinajstić information content (AvgIpc) is 3.03. The van der Waals surface area contributed by atoms with E-state index in [9.17, 15) is 9.90 Å². The maximum Gasteiger partial charge on any atom is 0.232 e. The van der Waals surface area contributed by atoms with Gasteiger partial charge in [-0.05, 0) is 44.9 Å². The summed E-state index contributed by atoms with van der Waals surface area (Å²) in [5.41, 5.74) is -0.353. The summed E-state index contributed by atoms with van der Waals surface area (Å²) in [6, 6.07) is 1.93. The van der Waals surface area contributed by atoms with Gasteiger partial charge >= 0.3 is 0 Å². The van der Waals surface area contributed by atoms with Crippen molar-refractivity contribution in [3.8, 4) is 11.8 Å². The van der Waals surface area contributed by atoms with E-state index in [4.69, 9.17) is 9.47 Å². The third-order valence-corrected chi connectivity index (χ3v) is 6.60. The first-order chi connectivity index (χ1) is 13.5. The molecular weight excluding hydrogens is 360 g/mol. The quantitative estimate of drug-likeness (QED) is 0.836. The van der Waals surface area contributed by atoms with Crippen LogP contribution in [0.3, 0.4) is 0 Å². The van der Waals surface area contributed by atoms with Gasteiger partial charge in [-0.25, -0.2) is 0 Å². The fraction of sp³-hybridized carbons (Fsp3) is 0.750. The molecule has 0 radical (unpaired) electrons. The highest BCUT2D eigenvalue weighted by molar-refractivity contribution is 5.86. The van der Waals surface area contributed by atoms with Crippen LogP contribution in [0.25, 0.3) is 0 Å². The Balaban J connectivity index is 1.51. The molecule has 2 aliphatic heterocycles. The van der Waals surface area contributed by atoms with Gasteiger partial charge in [-0.2, -0.15) is 9.97 Å². The van der Waals surface area contributed by atoms with Crippen LogP contribution in [0.2, 0.25) is 0 Å². The minimum absolute atomic E-state index is 0.201. The maximum absolute atomic E-state index is 13.4. The third kappa shape index (κ3) is 3.50. The Hall–Kier alpha value is -2.09. The lowest BCUT2D eigenvalue weighted by Crippen LogP contribution is -2.50. The standard InChI is InChI=1S/C20H30N4O4/c1-27-16-12-17(28-2)22-19(21-16)23-10-3-8-20(13-23)9-11-24(18(20)26)14-4-6-15(25)7-5-14/h12,14-15,25H,3-11,13H2,1-2H3/t14?,15?,20-/m1/s1. The molecule has 1 aromatic rings. The molecule has 2 saturated heterocycles. The summed E-state index contributed by atoms with van der Waals surface area (Å²) in [5, 5.41) is 9.78. The normalized spacial score (nSPS) is 30.8. The van der Waals surface area contributed by atoms with Crippen LogP contribution >= 0.6 is 0 Å². The number of hydrogen-bond donors (Lipinski definition) is 1. The molecule has 3 fully saturated rings. The highest BCUT2D eigenvalue weighted by Gasteiger charge is 2.51. The van der Waals surface area contributed by atoms with Gasteiger partial charge in [0.25, 0.3) is 0 Å². The molecule has 1 N–H and O–H groups in total. The van der Waals surface area contributed by atoms with Gasteiger partial charge in [0.2, 0.25) is 23.6 Å². The van der Waals surface area contributed by atoms with E-state index in [0.717, 1.165) is 58.0 Å². The highest BCUT2D eigenvalue weighted by atomic mass is 16.5. The molecule has 1 spiro atoms. The minimum Gasteiger partial charge on any atom is -0.481 e. The van der Waals surface area contributed by atoms with E-state index in [0.29, 0.717) is 24.3 Å². The number of aliphatic hydroxyl groups excluding tert-OH is 1. The van der Waals surface area contributed by atoms with E-state index >= 15 is 0 Å². The second kappa shape index (κ2) is 7.73. The summed E-state index contributed by atoms with van der Waals surface area (Å²) in [6.45, 7) is 2.27. The molecule has 0 unspecified atom stereocenters. The summed E-state index contributed by atoms with van der Waals surface area (Å²) in [7, 11) is 3.14. The monoisotopic (exact) mass is 390 g/mol. The molecule has 0 bridgehead atoms. The summed E-state index contributed by atoms with van der Waals surface area (Å²) in [5.74, 6) is 1.75. The molecule has 0 aromatic carbocycles. The smallest absolute Gasteiger partial charge is 0.232 e. The lowest BCUT2D eigenvalue weighted by atomic mass is 9.78. The SMILES string of the molecule is COc1cc(OC)nc(N2CCC[C@@]3(CCN(C4CCC(O)CC4)C3=O)C2)n1. The van der Waals surface area contributed by atoms with E-state index in [1.807, 2.05) is 0 Å². The first-order valence-corrected chi connectivity index (χ1v) is 10.3. The molecule has 1 aromatic heterocycles. The number of aliphatic hydroxyl groups is 1. The third-order valence-electron chi connectivity index (χ3n) is 6.60. The second-order valence-corrected chi connectivity index (χ2v) is 8.27. The van der Waals surface area contributed by atoms with Crippen molar-refractivity contribution in [1.82, 2.24) is 14.9 Å². The molecule has 28 heavy (non-hydrogen) atoms. The van der Waals surface area contributed by atoms with Gasteiger partial charge in [0.1, 0.15) is 0 Å². The zero-order valence-electron chi connectivity index (χ0n) is 16.8. The largest absolute Gasteiger partial charge is 0.481 e. The van der Waals surface area contributed by atoms with Gasteiger partial charge in [-0.3, -0.25) is 4.79 Å². The number of carbonyl (C=O) groups excluding carboxylic acids is 1. The van der Waals surface area contributed by atoms with Crippen LogP contribution < -0.4 is 14.4 Å². The number of ether oxygens (including phenoxy) is 2. The minimum atomic E-state index is -0.353. The summed E-state index contributed by atoms with van der Waals surface area (Å²) in [4.78, 5) is 26.6. The predicted molar refractivity (Wildman–Crippen MR) is 104 cm³/mol. The molecule has 1 amide bonds. The van der Waals surface area contributed by atoms with E-state index in [1.54, 1.807) is 20.3 Å². The molecule has 154 valence electrons. The van der Waals surface area contributed by atoms with Crippen molar-refractivity contribution in [3.05, 3.63) is 6.07 Å². The second-order valence-electron chi connectivity index (χ2n) is 8.27. The van der Waals surface area contributed by atoms with Gasteiger partial charge < -0.3 is 24.4 Å². The Morgan fingerprint density at radius 1 is 1.07 bits per heavy atom. The zero-order chi connectivity index (χ0) is 19.7. The van der Waals surface area contributed by atoms with Gasteiger partial charge in [-0.15, -0.1) is 0 Å². The molecule has 3 heterocycles. The van der Waals surface area contributed by atoms with Crippen LogP contribution in [0, 0.1) is 5.41 Å². The molecule has 1 saturated carbocycles. The molecule has 8 heteroatoms. The average molecular weight is 390 g/mol. The van der Waals surface area contributed by atoms with Crippen molar-refractivity contribution in [2.24, 2.45) is 5.41 Å². The number of likely N-dealkylation sites (tertiary alicyclic amines) is 1. The molecule has 8 nitrogen and oxygen atoms in total. The topological polar surface area (TPSA) is 88.0 Å². The number of rotatable bonds is 4. The Morgan fingerprint density at radius 2 is 1.75 bits per heavy atom. The van der Waals surface area contributed by atoms with Crippen molar-refractivity contribution in [2.75, 3.05) is 38.8 Å². The van der Waals surface area contributed by atoms with Crippen molar-refractivity contribution in [1.29, 1.82) is 0 Å². The maximum atomic E-state index is 13.4. The van der Waals surface area contributed by atoms with Gasteiger partial charge in [0.05, 0.1) is 31.8 Å². The lowest BCUT2D eigenvalue weighted by Gasteiger charge is -2.40. The van der Waals surface area contributed by atoms with Crippen LogP contribution in [-0.2, 0) is 4.79 Å². The summed E-state index contributed by atoms with van der Waals surface area (Å²) in [6.07, 6.45) is 5.93. The van der Waals surface area contributed by atoms with Crippen LogP contribution in [0.4, 0.5) is 5.95 Å². The van der Waals surface area contributed by atoms with Crippen LogP contribution in [0.1, 0.15) is 44.9 Å². The predicted octanol–water partition coefficient (Wildman–Crippen LogP) is 1.62. The summed E-state index contributed by atoms with van der Waals surface area (Å²) >= 11 is 0.